The van der Waals surface area contributed by atoms with E-state index in [4.69, 9.17) is 9.52 Å². The average Bonchev–Trinajstić information content (AvgIpc) is 2.92. The lowest BCUT2D eigenvalue weighted by Crippen LogP contribution is -1.81. The van der Waals surface area contributed by atoms with E-state index in [0.29, 0.717) is 12.5 Å². The van der Waals surface area contributed by atoms with E-state index >= 15 is 0 Å². The Labute approximate surface area is 128 Å². The van der Waals surface area contributed by atoms with E-state index in [1.54, 1.807) is 6.26 Å². The van der Waals surface area contributed by atoms with Crippen molar-refractivity contribution >= 4 is 0 Å². The second-order valence-corrected chi connectivity index (χ2v) is 5.30. The number of aliphatic hydroxyl groups is 1. The maximum atomic E-state index is 8.37. The number of unbranched alkanes of at least 4 members (excludes halogenated alkanes) is 4. The van der Waals surface area contributed by atoms with Crippen LogP contribution in [0.3, 0.4) is 0 Å². The van der Waals surface area contributed by atoms with Crippen LogP contribution in [-0.2, 0) is 0 Å². The van der Waals surface area contributed by atoms with Crippen LogP contribution in [0.5, 0.6) is 0 Å². The van der Waals surface area contributed by atoms with Gasteiger partial charge in [-0.1, -0.05) is 50.3 Å². The van der Waals surface area contributed by atoms with Gasteiger partial charge in [-0.2, -0.15) is 0 Å². The summed E-state index contributed by atoms with van der Waals surface area (Å²) in [7, 11) is 0. The van der Waals surface area contributed by atoms with Gasteiger partial charge >= 0.3 is 0 Å². The molecule has 1 heterocycles. The number of benzene rings is 1. The standard InChI is InChI=1S/C11H11NO.C7H16O/c1-8-3-5-10(6-4-8)11-12-9(2)7-13-11;1-2-3-4-5-6-7-8/h3-7H,1-2H3;8H,2-7H2,1H3. The molecule has 0 fully saturated rings. The number of aryl methyl sites for hydroxylation is 2. The SMILES string of the molecule is CCCCCCCO.Cc1ccc(-c2nc(C)co2)cc1. The van der Waals surface area contributed by atoms with Crippen molar-refractivity contribution in [3.05, 3.63) is 41.8 Å². The van der Waals surface area contributed by atoms with E-state index in [0.717, 1.165) is 17.7 Å². The first-order valence-corrected chi connectivity index (χ1v) is 7.77. The third-order valence-electron chi connectivity index (χ3n) is 3.18. The predicted octanol–water partition coefficient (Wildman–Crippen LogP) is 4.91. The minimum atomic E-state index is 0.365. The molecule has 0 unspecified atom stereocenters. The van der Waals surface area contributed by atoms with E-state index in [1.165, 1.54) is 31.2 Å². The Hall–Kier alpha value is -1.61. The van der Waals surface area contributed by atoms with Crippen molar-refractivity contribution in [1.82, 2.24) is 4.98 Å². The van der Waals surface area contributed by atoms with Crippen LogP contribution in [0.1, 0.15) is 50.3 Å². The molecule has 0 aliphatic carbocycles. The number of aromatic nitrogens is 1. The molecule has 1 N–H and O–H groups in total. The fraction of sp³-hybridized carbons (Fsp3) is 0.500. The Morgan fingerprint density at radius 1 is 1.00 bits per heavy atom. The molecule has 1 aromatic heterocycles. The highest BCUT2D eigenvalue weighted by Crippen LogP contribution is 2.18. The minimum Gasteiger partial charge on any atom is -0.444 e. The average molecular weight is 289 g/mol. The third-order valence-corrected chi connectivity index (χ3v) is 3.18. The number of oxazole rings is 1. The Bertz CT molecular complexity index is 482. The summed E-state index contributed by atoms with van der Waals surface area (Å²) >= 11 is 0. The largest absolute Gasteiger partial charge is 0.444 e. The molecule has 0 saturated heterocycles. The Kier molecular flexibility index (Phi) is 8.44. The summed E-state index contributed by atoms with van der Waals surface area (Å²) < 4.78 is 5.28. The fourth-order valence-corrected chi connectivity index (χ4v) is 1.90. The summed E-state index contributed by atoms with van der Waals surface area (Å²) in [5.74, 6) is 0.692. The van der Waals surface area contributed by atoms with Crippen molar-refractivity contribution < 1.29 is 9.52 Å². The molecule has 2 rings (SSSR count). The van der Waals surface area contributed by atoms with Gasteiger partial charge in [0.05, 0.1) is 5.69 Å². The lowest BCUT2D eigenvalue weighted by molar-refractivity contribution is 0.282. The number of aliphatic hydroxyl groups excluding tert-OH is 1. The van der Waals surface area contributed by atoms with Gasteiger partial charge in [0.25, 0.3) is 0 Å². The predicted molar refractivity (Wildman–Crippen MR) is 87.3 cm³/mol. The smallest absolute Gasteiger partial charge is 0.226 e. The zero-order valence-corrected chi connectivity index (χ0v) is 13.4. The van der Waals surface area contributed by atoms with Gasteiger partial charge in [0.2, 0.25) is 5.89 Å². The zero-order chi connectivity index (χ0) is 15.5. The van der Waals surface area contributed by atoms with Crippen LogP contribution in [0.2, 0.25) is 0 Å². The Morgan fingerprint density at radius 3 is 2.19 bits per heavy atom. The normalized spacial score (nSPS) is 10.1. The number of hydrogen-bond donors (Lipinski definition) is 1. The first-order chi connectivity index (χ1) is 10.2. The zero-order valence-electron chi connectivity index (χ0n) is 13.4. The van der Waals surface area contributed by atoms with Gasteiger partial charge in [-0.3, -0.25) is 0 Å². The van der Waals surface area contributed by atoms with Gasteiger partial charge in [-0.15, -0.1) is 0 Å². The molecule has 0 saturated carbocycles. The summed E-state index contributed by atoms with van der Waals surface area (Å²) in [5, 5.41) is 8.37. The molecule has 0 aliphatic rings. The first-order valence-electron chi connectivity index (χ1n) is 7.77. The molecular weight excluding hydrogens is 262 g/mol. The van der Waals surface area contributed by atoms with Crippen molar-refractivity contribution in [3.63, 3.8) is 0 Å². The molecule has 0 spiro atoms. The van der Waals surface area contributed by atoms with E-state index in [1.807, 2.05) is 19.1 Å². The van der Waals surface area contributed by atoms with Crippen LogP contribution in [-0.4, -0.2) is 16.7 Å². The fourth-order valence-electron chi connectivity index (χ4n) is 1.90. The summed E-state index contributed by atoms with van der Waals surface area (Å²) in [4.78, 5) is 4.24. The monoisotopic (exact) mass is 289 g/mol. The van der Waals surface area contributed by atoms with Crippen LogP contribution in [0.25, 0.3) is 11.5 Å². The van der Waals surface area contributed by atoms with E-state index in [2.05, 4.69) is 31.0 Å². The minimum absolute atomic E-state index is 0.365. The molecule has 0 amide bonds. The van der Waals surface area contributed by atoms with Crippen LogP contribution < -0.4 is 0 Å². The molecule has 0 radical (unpaired) electrons. The molecule has 21 heavy (non-hydrogen) atoms. The molecule has 0 atom stereocenters. The highest BCUT2D eigenvalue weighted by molar-refractivity contribution is 5.53. The van der Waals surface area contributed by atoms with E-state index in [9.17, 15) is 0 Å². The number of hydrogen-bond acceptors (Lipinski definition) is 3. The molecule has 0 aliphatic heterocycles. The van der Waals surface area contributed by atoms with Crippen molar-refractivity contribution in [3.8, 4) is 11.5 Å². The molecule has 1 aromatic carbocycles. The second kappa shape index (κ2) is 10.2. The molecular formula is C18H27NO2. The van der Waals surface area contributed by atoms with Crippen molar-refractivity contribution in [2.45, 2.75) is 52.9 Å². The van der Waals surface area contributed by atoms with Crippen LogP contribution in [0, 0.1) is 13.8 Å². The molecule has 0 bridgehead atoms. The highest BCUT2D eigenvalue weighted by atomic mass is 16.3. The molecule has 2 aromatic rings. The number of rotatable bonds is 6. The molecule has 3 nitrogen and oxygen atoms in total. The summed E-state index contributed by atoms with van der Waals surface area (Å²) in [6, 6.07) is 8.13. The third kappa shape index (κ3) is 7.09. The maximum Gasteiger partial charge on any atom is 0.226 e. The van der Waals surface area contributed by atoms with Crippen LogP contribution in [0.4, 0.5) is 0 Å². The van der Waals surface area contributed by atoms with E-state index < -0.39 is 0 Å². The molecule has 3 heteroatoms. The van der Waals surface area contributed by atoms with Crippen molar-refractivity contribution in [2.24, 2.45) is 0 Å². The van der Waals surface area contributed by atoms with E-state index in [-0.39, 0.29) is 0 Å². The summed E-state index contributed by atoms with van der Waals surface area (Å²) in [6.07, 6.45) is 7.74. The Balaban J connectivity index is 0.000000240. The van der Waals surface area contributed by atoms with Crippen LogP contribution >= 0.6 is 0 Å². The second-order valence-electron chi connectivity index (χ2n) is 5.30. The van der Waals surface area contributed by atoms with Gasteiger partial charge in [0.1, 0.15) is 6.26 Å². The van der Waals surface area contributed by atoms with Gasteiger partial charge in [0.15, 0.2) is 0 Å². The maximum absolute atomic E-state index is 8.37. The lowest BCUT2D eigenvalue weighted by Gasteiger charge is -1.95. The van der Waals surface area contributed by atoms with Gasteiger partial charge in [0, 0.05) is 12.2 Å². The number of nitrogens with zero attached hydrogens (tertiary/aromatic N) is 1. The lowest BCUT2D eigenvalue weighted by atomic mass is 10.1. The van der Waals surface area contributed by atoms with Gasteiger partial charge in [-0.05, 0) is 32.4 Å². The topological polar surface area (TPSA) is 46.3 Å². The molecule has 116 valence electrons. The quantitative estimate of drug-likeness (QED) is 0.769. The van der Waals surface area contributed by atoms with Crippen molar-refractivity contribution in [1.29, 1.82) is 0 Å². The Morgan fingerprint density at radius 2 is 1.67 bits per heavy atom. The highest BCUT2D eigenvalue weighted by Gasteiger charge is 2.02. The summed E-state index contributed by atoms with van der Waals surface area (Å²) in [5.41, 5.74) is 3.18. The van der Waals surface area contributed by atoms with Crippen LogP contribution in [0.15, 0.2) is 34.9 Å². The summed E-state index contributed by atoms with van der Waals surface area (Å²) in [6.45, 7) is 6.54. The van der Waals surface area contributed by atoms with Gasteiger partial charge in [-0.25, -0.2) is 4.98 Å². The first kappa shape index (κ1) is 17.4. The van der Waals surface area contributed by atoms with Gasteiger partial charge < -0.3 is 9.52 Å². The van der Waals surface area contributed by atoms with Crippen molar-refractivity contribution in [2.75, 3.05) is 6.61 Å².